The minimum absolute atomic E-state index is 0.0600. The number of carbonyl (C=O) groups is 2. The van der Waals surface area contributed by atoms with Gasteiger partial charge in [0.15, 0.2) is 0 Å². The van der Waals surface area contributed by atoms with Gasteiger partial charge in [-0.05, 0) is 20.3 Å². The number of nitrogens with one attached hydrogen (secondary N) is 1. The summed E-state index contributed by atoms with van der Waals surface area (Å²) in [6.07, 6.45) is 0.622. The van der Waals surface area contributed by atoms with Gasteiger partial charge in [-0.15, -0.1) is 0 Å². The number of hydrogen-bond donors (Lipinski definition) is 1. The summed E-state index contributed by atoms with van der Waals surface area (Å²) >= 11 is 6.25. The molecular weight excluding hydrogens is 330 g/mol. The van der Waals surface area contributed by atoms with Gasteiger partial charge in [0.05, 0.1) is 11.4 Å². The molecule has 2 atom stereocenters. The van der Waals surface area contributed by atoms with E-state index in [9.17, 15) is 9.59 Å². The molecule has 1 amide bonds. The van der Waals surface area contributed by atoms with E-state index in [-0.39, 0.29) is 21.5 Å². The fourth-order valence-corrected chi connectivity index (χ4v) is 1.01. The zero-order chi connectivity index (χ0) is 11.8. The third-order valence-corrected chi connectivity index (χ3v) is 2.34. The summed E-state index contributed by atoms with van der Waals surface area (Å²) in [5.41, 5.74) is 0. The highest BCUT2D eigenvalue weighted by Crippen LogP contribution is 2.00. The average Bonchev–Trinajstić information content (AvgIpc) is 2.16. The Hall–Kier alpha value is -0.100. The predicted molar refractivity (Wildman–Crippen MR) is 65.4 cm³/mol. The van der Waals surface area contributed by atoms with E-state index >= 15 is 0 Å². The van der Waals surface area contributed by atoms with Crippen molar-refractivity contribution in [2.75, 3.05) is 13.2 Å². The molecular formula is C9H15Br2NO3. The maximum atomic E-state index is 11.1. The summed E-state index contributed by atoms with van der Waals surface area (Å²) in [6.45, 7) is 4.29. The Labute approximate surface area is 106 Å². The minimum Gasteiger partial charge on any atom is -0.465 e. The molecule has 2 unspecified atom stereocenters. The second kappa shape index (κ2) is 8.10. The lowest BCUT2D eigenvalue weighted by molar-refractivity contribution is -0.142. The first-order valence-electron chi connectivity index (χ1n) is 4.67. The first kappa shape index (κ1) is 14.9. The van der Waals surface area contributed by atoms with Crippen molar-refractivity contribution in [3.8, 4) is 0 Å². The molecule has 0 aromatic heterocycles. The standard InChI is InChI=1S/C9H15Br2NO3/c1-6(10)8(13)12-4-3-5-15-9(14)7(2)11/h6-7H,3-5H2,1-2H3,(H,12,13). The van der Waals surface area contributed by atoms with Crippen molar-refractivity contribution in [3.63, 3.8) is 0 Å². The van der Waals surface area contributed by atoms with Crippen LogP contribution in [0.25, 0.3) is 0 Å². The Kier molecular flexibility index (Phi) is 8.04. The van der Waals surface area contributed by atoms with E-state index in [1.54, 1.807) is 13.8 Å². The van der Waals surface area contributed by atoms with Gasteiger partial charge in [-0.25, -0.2) is 0 Å². The van der Waals surface area contributed by atoms with Crippen LogP contribution < -0.4 is 5.32 Å². The highest BCUT2D eigenvalue weighted by atomic mass is 79.9. The highest BCUT2D eigenvalue weighted by molar-refractivity contribution is 9.10. The summed E-state index contributed by atoms with van der Waals surface area (Å²) in [4.78, 5) is 21.6. The van der Waals surface area contributed by atoms with E-state index in [1.165, 1.54) is 0 Å². The Balaban J connectivity index is 3.40. The van der Waals surface area contributed by atoms with Crippen LogP contribution in [0.2, 0.25) is 0 Å². The lowest BCUT2D eigenvalue weighted by Crippen LogP contribution is -2.30. The van der Waals surface area contributed by atoms with Crippen LogP contribution >= 0.6 is 31.9 Å². The van der Waals surface area contributed by atoms with Gasteiger partial charge in [0.25, 0.3) is 0 Å². The number of halogens is 2. The van der Waals surface area contributed by atoms with E-state index in [4.69, 9.17) is 4.74 Å². The van der Waals surface area contributed by atoms with Gasteiger partial charge >= 0.3 is 5.97 Å². The molecule has 0 heterocycles. The monoisotopic (exact) mass is 343 g/mol. The molecule has 0 fully saturated rings. The smallest absolute Gasteiger partial charge is 0.319 e. The highest BCUT2D eigenvalue weighted by Gasteiger charge is 2.10. The topological polar surface area (TPSA) is 55.4 Å². The van der Waals surface area contributed by atoms with Crippen LogP contribution in [-0.2, 0) is 14.3 Å². The van der Waals surface area contributed by atoms with Crippen LogP contribution in [0.5, 0.6) is 0 Å². The number of amides is 1. The lowest BCUT2D eigenvalue weighted by Gasteiger charge is -2.08. The van der Waals surface area contributed by atoms with E-state index in [0.29, 0.717) is 19.6 Å². The van der Waals surface area contributed by atoms with E-state index < -0.39 is 0 Å². The van der Waals surface area contributed by atoms with Crippen LogP contribution in [0.15, 0.2) is 0 Å². The van der Waals surface area contributed by atoms with Gasteiger partial charge in [-0.1, -0.05) is 31.9 Å². The van der Waals surface area contributed by atoms with Crippen molar-refractivity contribution >= 4 is 43.7 Å². The van der Waals surface area contributed by atoms with Crippen molar-refractivity contribution in [2.24, 2.45) is 0 Å². The van der Waals surface area contributed by atoms with Gasteiger partial charge in [-0.2, -0.15) is 0 Å². The fourth-order valence-electron chi connectivity index (χ4n) is 0.712. The number of alkyl halides is 2. The van der Waals surface area contributed by atoms with Crippen LogP contribution in [0, 0.1) is 0 Å². The van der Waals surface area contributed by atoms with Gasteiger partial charge < -0.3 is 10.1 Å². The predicted octanol–water partition coefficient (Wildman–Crippen LogP) is 1.60. The number of ether oxygens (including phenoxy) is 1. The normalized spacial score (nSPS) is 14.1. The second-order valence-electron chi connectivity index (χ2n) is 3.04. The van der Waals surface area contributed by atoms with Gasteiger partial charge in [0.2, 0.25) is 5.91 Å². The van der Waals surface area contributed by atoms with E-state index in [1.807, 2.05) is 0 Å². The van der Waals surface area contributed by atoms with Gasteiger partial charge in [0, 0.05) is 6.54 Å². The van der Waals surface area contributed by atoms with Crippen LogP contribution in [0.4, 0.5) is 0 Å². The molecule has 0 aromatic rings. The van der Waals surface area contributed by atoms with Crippen LogP contribution in [0.3, 0.4) is 0 Å². The van der Waals surface area contributed by atoms with Crippen LogP contribution in [-0.4, -0.2) is 34.7 Å². The van der Waals surface area contributed by atoms with Gasteiger partial charge in [0.1, 0.15) is 4.83 Å². The number of hydrogen-bond acceptors (Lipinski definition) is 3. The molecule has 88 valence electrons. The molecule has 0 bridgehead atoms. The van der Waals surface area contributed by atoms with E-state index in [0.717, 1.165) is 0 Å². The largest absolute Gasteiger partial charge is 0.465 e. The number of esters is 1. The summed E-state index contributed by atoms with van der Waals surface area (Å²) in [5.74, 6) is -0.342. The summed E-state index contributed by atoms with van der Waals surface area (Å²) < 4.78 is 4.90. The molecule has 0 radical (unpaired) electrons. The number of carbonyl (C=O) groups excluding carboxylic acids is 2. The molecule has 15 heavy (non-hydrogen) atoms. The van der Waals surface area contributed by atoms with Crippen molar-refractivity contribution in [1.29, 1.82) is 0 Å². The average molecular weight is 345 g/mol. The van der Waals surface area contributed by atoms with Crippen molar-refractivity contribution in [1.82, 2.24) is 5.32 Å². The molecule has 0 aliphatic rings. The molecule has 0 spiro atoms. The molecule has 0 aliphatic carbocycles. The molecule has 0 saturated carbocycles. The van der Waals surface area contributed by atoms with Crippen LogP contribution in [0.1, 0.15) is 20.3 Å². The summed E-state index contributed by atoms with van der Waals surface area (Å²) in [5, 5.41) is 2.70. The maximum absolute atomic E-state index is 11.1. The quantitative estimate of drug-likeness (QED) is 0.452. The summed E-state index contributed by atoms with van der Waals surface area (Å²) in [6, 6.07) is 0. The molecule has 0 aromatic carbocycles. The second-order valence-corrected chi connectivity index (χ2v) is 5.79. The first-order valence-corrected chi connectivity index (χ1v) is 6.50. The molecule has 0 aliphatic heterocycles. The zero-order valence-corrected chi connectivity index (χ0v) is 11.9. The van der Waals surface area contributed by atoms with Crippen molar-refractivity contribution in [2.45, 2.75) is 29.9 Å². The molecule has 0 saturated heterocycles. The third-order valence-electron chi connectivity index (χ3n) is 1.55. The SMILES string of the molecule is CC(Br)C(=O)NCCCOC(=O)C(C)Br. The molecule has 6 heteroatoms. The van der Waals surface area contributed by atoms with Gasteiger partial charge in [-0.3, -0.25) is 9.59 Å². The third kappa shape index (κ3) is 7.79. The first-order chi connectivity index (χ1) is 6.95. The lowest BCUT2D eigenvalue weighted by atomic mass is 10.4. The Bertz CT molecular complexity index is 197. The summed E-state index contributed by atoms with van der Waals surface area (Å²) in [7, 11) is 0. The molecule has 4 nitrogen and oxygen atoms in total. The zero-order valence-electron chi connectivity index (χ0n) is 8.76. The Morgan fingerprint density at radius 2 is 1.87 bits per heavy atom. The fraction of sp³-hybridized carbons (Fsp3) is 0.778. The molecule has 0 rings (SSSR count). The van der Waals surface area contributed by atoms with Crippen molar-refractivity contribution < 1.29 is 14.3 Å². The Morgan fingerprint density at radius 1 is 1.27 bits per heavy atom. The van der Waals surface area contributed by atoms with E-state index in [2.05, 4.69) is 37.2 Å². The minimum atomic E-state index is -0.283. The maximum Gasteiger partial charge on any atom is 0.319 e. The van der Waals surface area contributed by atoms with Crippen molar-refractivity contribution in [3.05, 3.63) is 0 Å². The number of rotatable bonds is 6. The Morgan fingerprint density at radius 3 is 2.33 bits per heavy atom. The molecule has 1 N–H and O–H groups in total.